The van der Waals surface area contributed by atoms with Crippen molar-refractivity contribution in [2.75, 3.05) is 0 Å². The molecule has 1 heterocycles. The number of oxazole rings is 1. The molecule has 0 aliphatic carbocycles. The molecule has 0 unspecified atom stereocenters. The van der Waals surface area contributed by atoms with Crippen molar-refractivity contribution >= 4 is 32.3 Å². The smallest absolute Gasteiger partial charge is 0.227 e. The second kappa shape index (κ2) is 11.3. The van der Waals surface area contributed by atoms with Crippen LogP contribution in [0, 0.1) is 27.7 Å². The number of nitrogens with zero attached hydrogens (tertiary/aromatic N) is 1. The summed E-state index contributed by atoms with van der Waals surface area (Å²) < 4.78 is 6.59. The van der Waals surface area contributed by atoms with E-state index in [4.69, 9.17) is 9.40 Å². The Labute approximate surface area is 286 Å². The normalized spacial score (nSPS) is 11.7. The van der Waals surface area contributed by atoms with Crippen LogP contribution >= 0.6 is 0 Å². The van der Waals surface area contributed by atoms with Gasteiger partial charge < -0.3 is 4.42 Å². The number of hydrogen-bond donors (Lipinski definition) is 0. The molecule has 0 amide bonds. The Bertz CT molecular complexity index is 2580. The van der Waals surface area contributed by atoms with Gasteiger partial charge in [-0.15, -0.1) is 0 Å². The maximum Gasteiger partial charge on any atom is 0.227 e. The van der Waals surface area contributed by atoms with Gasteiger partial charge in [0.1, 0.15) is 0 Å². The molecule has 0 aliphatic rings. The summed E-state index contributed by atoms with van der Waals surface area (Å²) >= 11 is 0. The van der Waals surface area contributed by atoms with Crippen LogP contribution in [0.2, 0.25) is 0 Å². The fourth-order valence-corrected chi connectivity index (χ4v) is 7.34. The van der Waals surface area contributed by atoms with E-state index in [9.17, 15) is 0 Å². The van der Waals surface area contributed by atoms with Crippen molar-refractivity contribution in [1.29, 1.82) is 0 Å². The Hall–Kier alpha value is -5.99. The summed E-state index contributed by atoms with van der Waals surface area (Å²) in [4.78, 5) is 4.90. The van der Waals surface area contributed by atoms with Crippen molar-refractivity contribution < 1.29 is 4.42 Å². The molecule has 0 radical (unpaired) electrons. The molecule has 234 valence electrons. The van der Waals surface area contributed by atoms with E-state index in [1.807, 2.05) is 6.20 Å². The van der Waals surface area contributed by atoms with Crippen LogP contribution in [0.25, 0.3) is 88.5 Å². The van der Waals surface area contributed by atoms with Crippen LogP contribution in [0.4, 0.5) is 0 Å². The molecule has 1 aromatic heterocycles. The lowest BCUT2D eigenvalue weighted by Crippen LogP contribution is -1.94. The standard InChI is InChI=1S/C47H35NO/c1-28-5-13-32(14-6-28)40-25-41(33-15-7-29(2)8-16-33)37-23-24-39-43(47-48-27-44(49-47)35-19-11-31(4)12-20-35)26-42(34-17-9-30(3)10-18-34)38-22-21-36(40)45(37)46(38)39/h5-27H,1-4H3. The van der Waals surface area contributed by atoms with Crippen LogP contribution in [0.3, 0.4) is 0 Å². The molecule has 0 aliphatic heterocycles. The summed E-state index contributed by atoms with van der Waals surface area (Å²) in [5.41, 5.74) is 14.2. The molecule has 0 atom stereocenters. The quantitative estimate of drug-likeness (QED) is 0.177. The molecule has 0 bridgehead atoms. The SMILES string of the molecule is Cc1ccc(-c2cnc(-c3cc(-c4ccc(C)cc4)c4ccc5c(-c6ccc(C)cc6)cc(-c6ccc(C)cc6)c6ccc3c4c56)o2)cc1. The second-order valence-corrected chi connectivity index (χ2v) is 13.5. The number of aromatic nitrogens is 1. The van der Waals surface area contributed by atoms with Crippen molar-refractivity contribution in [2.45, 2.75) is 27.7 Å². The third kappa shape index (κ3) is 4.91. The molecular formula is C47H35NO. The minimum Gasteiger partial charge on any atom is -0.436 e. The fraction of sp³-hybridized carbons (Fsp3) is 0.0851. The zero-order valence-electron chi connectivity index (χ0n) is 28.1. The van der Waals surface area contributed by atoms with Crippen LogP contribution in [0.5, 0.6) is 0 Å². The first-order valence-corrected chi connectivity index (χ1v) is 16.9. The molecule has 2 nitrogen and oxygen atoms in total. The van der Waals surface area contributed by atoms with E-state index < -0.39 is 0 Å². The molecule has 2 heteroatoms. The van der Waals surface area contributed by atoms with Gasteiger partial charge in [0.15, 0.2) is 5.76 Å². The van der Waals surface area contributed by atoms with Crippen LogP contribution in [0.1, 0.15) is 22.3 Å². The van der Waals surface area contributed by atoms with Crippen molar-refractivity contribution in [1.82, 2.24) is 4.98 Å². The highest BCUT2D eigenvalue weighted by Gasteiger charge is 2.22. The average Bonchev–Trinajstić information content (AvgIpc) is 3.62. The summed E-state index contributed by atoms with van der Waals surface area (Å²) in [6.45, 7) is 8.53. The average molecular weight is 630 g/mol. The summed E-state index contributed by atoms with van der Waals surface area (Å²) in [6.07, 6.45) is 1.86. The molecule has 8 aromatic carbocycles. The Morgan fingerprint density at radius 3 is 1.08 bits per heavy atom. The predicted molar refractivity (Wildman–Crippen MR) is 206 cm³/mol. The fourth-order valence-electron chi connectivity index (χ4n) is 7.34. The van der Waals surface area contributed by atoms with Gasteiger partial charge in [0.25, 0.3) is 0 Å². The summed E-state index contributed by atoms with van der Waals surface area (Å²) in [5, 5.41) is 7.35. The Morgan fingerprint density at radius 1 is 0.367 bits per heavy atom. The van der Waals surface area contributed by atoms with Gasteiger partial charge in [0.05, 0.1) is 6.20 Å². The number of aryl methyl sites for hydroxylation is 4. The van der Waals surface area contributed by atoms with Crippen LogP contribution < -0.4 is 0 Å². The second-order valence-electron chi connectivity index (χ2n) is 13.5. The van der Waals surface area contributed by atoms with Crippen LogP contribution in [-0.2, 0) is 0 Å². The summed E-state index contributed by atoms with van der Waals surface area (Å²) in [5.74, 6) is 1.39. The zero-order chi connectivity index (χ0) is 33.2. The molecule has 9 aromatic rings. The van der Waals surface area contributed by atoms with E-state index in [2.05, 4.69) is 161 Å². The van der Waals surface area contributed by atoms with Crippen molar-refractivity contribution in [2.24, 2.45) is 0 Å². The largest absolute Gasteiger partial charge is 0.436 e. The first-order valence-electron chi connectivity index (χ1n) is 16.9. The molecule has 0 N–H and O–H groups in total. The van der Waals surface area contributed by atoms with E-state index in [-0.39, 0.29) is 0 Å². The van der Waals surface area contributed by atoms with Gasteiger partial charge in [-0.2, -0.15) is 0 Å². The lowest BCUT2D eigenvalue weighted by Gasteiger charge is -2.21. The van der Waals surface area contributed by atoms with E-state index in [0.717, 1.165) is 22.3 Å². The van der Waals surface area contributed by atoms with Crippen molar-refractivity contribution in [3.05, 3.63) is 162 Å². The van der Waals surface area contributed by atoms with Crippen molar-refractivity contribution in [3.8, 4) is 56.2 Å². The van der Waals surface area contributed by atoms with Gasteiger partial charge in [-0.3, -0.25) is 0 Å². The number of hydrogen-bond acceptors (Lipinski definition) is 2. The summed E-state index contributed by atoms with van der Waals surface area (Å²) in [6, 6.07) is 49.0. The van der Waals surface area contributed by atoms with E-state index >= 15 is 0 Å². The number of rotatable bonds is 5. The maximum atomic E-state index is 6.59. The monoisotopic (exact) mass is 629 g/mol. The molecule has 0 saturated carbocycles. The van der Waals surface area contributed by atoms with Gasteiger partial charge in [0, 0.05) is 11.1 Å². The number of benzene rings is 8. The van der Waals surface area contributed by atoms with E-state index in [0.29, 0.717) is 5.89 Å². The van der Waals surface area contributed by atoms with Crippen LogP contribution in [0.15, 0.2) is 144 Å². The maximum absolute atomic E-state index is 6.59. The molecular weight excluding hydrogens is 595 g/mol. The minimum atomic E-state index is 0.624. The van der Waals surface area contributed by atoms with Gasteiger partial charge in [0.2, 0.25) is 5.89 Å². The molecule has 0 fully saturated rings. The Kier molecular flexibility index (Phi) is 6.74. The molecule has 0 spiro atoms. The Balaban J connectivity index is 1.40. The predicted octanol–water partition coefficient (Wildman–Crippen LogP) is 13.1. The highest BCUT2D eigenvalue weighted by molar-refractivity contribution is 6.31. The van der Waals surface area contributed by atoms with E-state index in [1.165, 1.54) is 82.6 Å². The van der Waals surface area contributed by atoms with Gasteiger partial charge in [-0.05, 0) is 106 Å². The lowest BCUT2D eigenvalue weighted by atomic mass is 9.82. The first-order chi connectivity index (χ1) is 23.9. The first kappa shape index (κ1) is 29.2. The summed E-state index contributed by atoms with van der Waals surface area (Å²) in [7, 11) is 0. The van der Waals surface area contributed by atoms with Gasteiger partial charge in [-0.25, -0.2) is 4.98 Å². The highest BCUT2D eigenvalue weighted by atomic mass is 16.4. The molecule has 9 rings (SSSR count). The third-order valence-corrected chi connectivity index (χ3v) is 10.1. The molecule has 0 saturated heterocycles. The highest BCUT2D eigenvalue weighted by Crippen LogP contribution is 2.48. The van der Waals surface area contributed by atoms with Gasteiger partial charge >= 0.3 is 0 Å². The third-order valence-electron chi connectivity index (χ3n) is 10.1. The zero-order valence-corrected chi connectivity index (χ0v) is 28.1. The molecule has 49 heavy (non-hydrogen) atoms. The lowest BCUT2D eigenvalue weighted by molar-refractivity contribution is 0.589. The van der Waals surface area contributed by atoms with Crippen LogP contribution in [-0.4, -0.2) is 4.98 Å². The Morgan fingerprint density at radius 2 is 0.694 bits per heavy atom. The minimum absolute atomic E-state index is 0.624. The topological polar surface area (TPSA) is 26.0 Å². The van der Waals surface area contributed by atoms with Gasteiger partial charge in [-0.1, -0.05) is 144 Å². The van der Waals surface area contributed by atoms with Crippen molar-refractivity contribution in [3.63, 3.8) is 0 Å². The van der Waals surface area contributed by atoms with E-state index in [1.54, 1.807) is 0 Å².